The second-order valence-electron chi connectivity index (χ2n) is 4.62. The average Bonchev–Trinajstić information content (AvgIpc) is 2.59. The molecule has 0 unspecified atom stereocenters. The molecule has 2 aromatic rings. The van der Waals surface area contributed by atoms with Crippen molar-refractivity contribution >= 4 is 11.6 Å². The summed E-state index contributed by atoms with van der Waals surface area (Å²) in [7, 11) is 1.56. The van der Waals surface area contributed by atoms with Crippen LogP contribution in [-0.4, -0.2) is 39.9 Å². The number of halogens is 3. The molecule has 0 spiro atoms. The van der Waals surface area contributed by atoms with Crippen molar-refractivity contribution in [2.24, 2.45) is 0 Å². The molecule has 0 amide bonds. The number of hydrogen-bond donors (Lipinski definition) is 0. The number of methoxy groups -OCH3 is 1. The second kappa shape index (κ2) is 9.96. The first-order valence-corrected chi connectivity index (χ1v) is 7.08. The van der Waals surface area contributed by atoms with Gasteiger partial charge >= 0.3 is 18.0 Å². The quantitative estimate of drug-likeness (QED) is 0.543. The van der Waals surface area contributed by atoms with Crippen LogP contribution in [0.2, 0.25) is 0 Å². The van der Waals surface area contributed by atoms with Gasteiger partial charge < -0.3 is 29.7 Å². The van der Waals surface area contributed by atoms with Gasteiger partial charge in [-0.1, -0.05) is 0 Å². The maximum Gasteiger partial charge on any atom is 0.573 e. The molecular formula is C14H13F3N4O6. The maximum absolute atomic E-state index is 11.7. The zero-order chi connectivity index (χ0) is 20.4. The van der Waals surface area contributed by atoms with E-state index in [1.54, 1.807) is 19.2 Å². The Labute approximate surface area is 149 Å². The van der Waals surface area contributed by atoms with Crippen LogP contribution in [0.3, 0.4) is 0 Å². The Hall–Kier alpha value is -3.35. The molecule has 2 aromatic heterocycles. The molecule has 0 bridgehead atoms. The monoisotopic (exact) mass is 390 g/mol. The van der Waals surface area contributed by atoms with Crippen molar-refractivity contribution in [3.8, 4) is 5.75 Å². The van der Waals surface area contributed by atoms with Gasteiger partial charge in [0.1, 0.15) is 12.4 Å². The van der Waals surface area contributed by atoms with Gasteiger partial charge in [0.05, 0.1) is 12.2 Å². The fraction of sp³-hybridized carbons (Fsp3) is 0.286. The normalized spacial score (nSPS) is 10.5. The van der Waals surface area contributed by atoms with Crippen LogP contribution < -0.4 is 4.74 Å². The molecular weight excluding hydrogens is 377 g/mol. The third-order valence-corrected chi connectivity index (χ3v) is 2.77. The summed E-state index contributed by atoms with van der Waals surface area (Å²) in [4.78, 5) is 26.0. The summed E-state index contributed by atoms with van der Waals surface area (Å²) in [6.07, 6.45) is -2.04. The lowest BCUT2D eigenvalue weighted by atomic mass is 10.2. The standard InChI is InChI=1S/C8H10N2O3.C6H3F3N2O3/c1-13-6-4-7-3-2-5-9-8(7)10(11)12;7-6(8,9)14-4-2-1-3-10-5(4)11(12)13/h2-3,5H,4,6H2,1H3;1-3H. The molecule has 2 heterocycles. The molecule has 0 aliphatic carbocycles. The van der Waals surface area contributed by atoms with Crippen molar-refractivity contribution in [2.75, 3.05) is 13.7 Å². The molecule has 0 N–H and O–H groups in total. The number of aromatic nitrogens is 2. The molecule has 0 fully saturated rings. The predicted octanol–water partition coefficient (Wildman–Crippen LogP) is 3.07. The molecule has 27 heavy (non-hydrogen) atoms. The predicted molar refractivity (Wildman–Crippen MR) is 84.0 cm³/mol. The Morgan fingerprint density at radius 2 is 1.59 bits per heavy atom. The SMILES string of the molecule is COCCc1cccnc1[N+](=O)[O-].O=[N+]([O-])c1ncccc1OC(F)(F)F. The number of rotatable bonds is 6. The van der Waals surface area contributed by atoms with Gasteiger partial charge in [0.15, 0.2) is 0 Å². The topological polar surface area (TPSA) is 131 Å². The zero-order valence-electron chi connectivity index (χ0n) is 13.8. The Morgan fingerprint density at radius 3 is 2.11 bits per heavy atom. The van der Waals surface area contributed by atoms with Gasteiger partial charge in [-0.3, -0.25) is 0 Å². The van der Waals surface area contributed by atoms with Crippen LogP contribution >= 0.6 is 0 Å². The molecule has 0 aliphatic heterocycles. The smallest absolute Gasteiger partial charge is 0.397 e. The van der Waals surface area contributed by atoms with Crippen LogP contribution in [0, 0.1) is 20.2 Å². The maximum atomic E-state index is 11.7. The van der Waals surface area contributed by atoms with Gasteiger partial charge in [0, 0.05) is 13.5 Å². The highest BCUT2D eigenvalue weighted by atomic mass is 19.4. The Bertz CT molecular complexity index is 787. The molecule has 146 valence electrons. The number of nitrogens with zero attached hydrogens (tertiary/aromatic N) is 4. The van der Waals surface area contributed by atoms with E-state index in [0.29, 0.717) is 18.6 Å². The molecule has 0 saturated heterocycles. The van der Waals surface area contributed by atoms with Crippen molar-refractivity contribution < 1.29 is 32.5 Å². The molecule has 0 saturated carbocycles. The molecule has 0 radical (unpaired) electrons. The van der Waals surface area contributed by atoms with Crippen LogP contribution in [0.5, 0.6) is 5.75 Å². The summed E-state index contributed by atoms with van der Waals surface area (Å²) in [6.45, 7) is 0.465. The van der Waals surface area contributed by atoms with E-state index in [4.69, 9.17) is 4.74 Å². The van der Waals surface area contributed by atoms with Crippen molar-refractivity contribution in [2.45, 2.75) is 12.8 Å². The van der Waals surface area contributed by atoms with E-state index >= 15 is 0 Å². The summed E-state index contributed by atoms with van der Waals surface area (Å²) in [6, 6.07) is 5.29. The molecule has 13 heteroatoms. The van der Waals surface area contributed by atoms with E-state index in [1.807, 2.05) is 0 Å². The van der Waals surface area contributed by atoms with Crippen LogP contribution in [0.1, 0.15) is 5.56 Å². The lowest BCUT2D eigenvalue weighted by Gasteiger charge is -2.07. The van der Waals surface area contributed by atoms with Crippen molar-refractivity contribution in [1.82, 2.24) is 9.97 Å². The highest BCUT2D eigenvalue weighted by Crippen LogP contribution is 2.29. The van der Waals surface area contributed by atoms with E-state index < -0.39 is 27.8 Å². The molecule has 0 aliphatic rings. The molecule has 2 rings (SSSR count). The summed E-state index contributed by atoms with van der Waals surface area (Å²) >= 11 is 0. The van der Waals surface area contributed by atoms with E-state index in [9.17, 15) is 33.4 Å². The Balaban J connectivity index is 0.000000271. The van der Waals surface area contributed by atoms with Crippen LogP contribution in [0.25, 0.3) is 0 Å². The Morgan fingerprint density at radius 1 is 1.04 bits per heavy atom. The minimum absolute atomic E-state index is 0.0837. The highest BCUT2D eigenvalue weighted by Gasteiger charge is 2.34. The first kappa shape index (κ1) is 21.7. The van der Waals surface area contributed by atoms with Gasteiger partial charge in [-0.05, 0) is 44.1 Å². The highest BCUT2D eigenvalue weighted by molar-refractivity contribution is 5.38. The first-order chi connectivity index (χ1) is 12.7. The second-order valence-corrected chi connectivity index (χ2v) is 4.62. The van der Waals surface area contributed by atoms with Crippen LogP contribution in [0.15, 0.2) is 36.7 Å². The van der Waals surface area contributed by atoms with Gasteiger partial charge in [-0.25, -0.2) is 0 Å². The molecule has 0 atom stereocenters. The average molecular weight is 390 g/mol. The first-order valence-electron chi connectivity index (χ1n) is 7.08. The van der Waals surface area contributed by atoms with Crippen molar-refractivity contribution in [3.05, 3.63) is 62.5 Å². The fourth-order valence-corrected chi connectivity index (χ4v) is 1.73. The lowest BCUT2D eigenvalue weighted by molar-refractivity contribution is -0.393. The number of ether oxygens (including phenoxy) is 2. The van der Waals surface area contributed by atoms with Crippen LogP contribution in [0.4, 0.5) is 24.8 Å². The van der Waals surface area contributed by atoms with Crippen molar-refractivity contribution in [1.29, 1.82) is 0 Å². The van der Waals surface area contributed by atoms with Gasteiger partial charge in [-0.2, -0.15) is 0 Å². The third kappa shape index (κ3) is 7.60. The Kier molecular flexibility index (Phi) is 8.00. The third-order valence-electron chi connectivity index (χ3n) is 2.77. The lowest BCUT2D eigenvalue weighted by Crippen LogP contribution is -2.18. The summed E-state index contributed by atoms with van der Waals surface area (Å²) in [5.74, 6) is -1.98. The van der Waals surface area contributed by atoms with Gasteiger partial charge in [0.25, 0.3) is 0 Å². The van der Waals surface area contributed by atoms with Crippen molar-refractivity contribution in [3.63, 3.8) is 0 Å². The molecule has 0 aromatic carbocycles. The van der Waals surface area contributed by atoms with Gasteiger partial charge in [0.2, 0.25) is 5.75 Å². The van der Waals surface area contributed by atoms with E-state index in [-0.39, 0.29) is 5.82 Å². The fourth-order valence-electron chi connectivity index (χ4n) is 1.73. The molecule has 10 nitrogen and oxygen atoms in total. The summed E-state index contributed by atoms with van der Waals surface area (Å²) < 4.78 is 43.4. The number of pyridine rings is 2. The largest absolute Gasteiger partial charge is 0.573 e. The number of alkyl halides is 3. The van der Waals surface area contributed by atoms with E-state index in [0.717, 1.165) is 18.3 Å². The minimum Gasteiger partial charge on any atom is -0.397 e. The summed E-state index contributed by atoms with van der Waals surface area (Å²) in [5, 5.41) is 20.7. The van der Waals surface area contributed by atoms with E-state index in [1.165, 1.54) is 6.20 Å². The van der Waals surface area contributed by atoms with E-state index in [2.05, 4.69) is 14.7 Å². The van der Waals surface area contributed by atoms with Crippen LogP contribution in [-0.2, 0) is 11.2 Å². The minimum atomic E-state index is -4.96. The number of nitro groups is 2. The summed E-state index contributed by atoms with van der Waals surface area (Å²) in [5.41, 5.74) is 0.606. The zero-order valence-corrected chi connectivity index (χ0v) is 13.8. The van der Waals surface area contributed by atoms with Gasteiger partial charge in [-0.15, -0.1) is 13.2 Å². The number of hydrogen-bond acceptors (Lipinski definition) is 8.